The number of hydrogen-bond donors (Lipinski definition) is 1. The number of rotatable bonds is 8. The van der Waals surface area contributed by atoms with Crippen molar-refractivity contribution in [1.82, 2.24) is 5.32 Å². The lowest BCUT2D eigenvalue weighted by molar-refractivity contribution is 0.414. The van der Waals surface area contributed by atoms with Crippen LogP contribution in [-0.4, -0.2) is 28.9 Å². The van der Waals surface area contributed by atoms with E-state index in [9.17, 15) is 4.21 Å². The van der Waals surface area contributed by atoms with E-state index in [4.69, 9.17) is 4.74 Å². The molecule has 0 aromatic heterocycles. The molecule has 2 atom stereocenters. The second-order valence-corrected chi connectivity index (χ2v) is 7.50. The number of nitrogens with one attached hydrogen (secondary N) is 1. The first-order chi connectivity index (χ1) is 10.2. The van der Waals surface area contributed by atoms with Crippen molar-refractivity contribution in [3.05, 3.63) is 29.8 Å². The summed E-state index contributed by atoms with van der Waals surface area (Å²) in [4.78, 5) is 0. The minimum Gasteiger partial charge on any atom is -0.497 e. The maximum absolute atomic E-state index is 12.6. The van der Waals surface area contributed by atoms with E-state index in [0.29, 0.717) is 5.25 Å². The Morgan fingerprint density at radius 2 is 1.95 bits per heavy atom. The number of ether oxygens (including phenoxy) is 1. The molecule has 1 aromatic carbocycles. The monoisotopic (exact) mass is 309 g/mol. The molecule has 0 spiro atoms. The van der Waals surface area contributed by atoms with Gasteiger partial charge in [-0.1, -0.05) is 31.9 Å². The van der Waals surface area contributed by atoms with Crippen LogP contribution in [0.1, 0.15) is 50.6 Å². The van der Waals surface area contributed by atoms with Gasteiger partial charge in [-0.3, -0.25) is 4.21 Å². The van der Waals surface area contributed by atoms with E-state index in [1.54, 1.807) is 7.11 Å². The third kappa shape index (κ3) is 4.82. The van der Waals surface area contributed by atoms with Crippen LogP contribution in [0, 0.1) is 0 Å². The first-order valence-electron chi connectivity index (χ1n) is 7.99. The molecular weight excluding hydrogens is 282 g/mol. The fourth-order valence-corrected chi connectivity index (χ4v) is 4.65. The second kappa shape index (κ2) is 8.54. The molecule has 1 N–H and O–H groups in total. The zero-order chi connectivity index (χ0) is 15.1. The van der Waals surface area contributed by atoms with Gasteiger partial charge in [-0.15, -0.1) is 0 Å². The highest BCUT2D eigenvalue weighted by Gasteiger charge is 2.24. The molecule has 3 nitrogen and oxygen atoms in total. The molecule has 0 saturated heterocycles. The van der Waals surface area contributed by atoms with Gasteiger partial charge in [-0.25, -0.2) is 0 Å². The molecule has 0 amide bonds. The van der Waals surface area contributed by atoms with E-state index in [-0.39, 0.29) is 6.04 Å². The van der Waals surface area contributed by atoms with Gasteiger partial charge >= 0.3 is 0 Å². The molecule has 118 valence electrons. The first-order valence-corrected chi connectivity index (χ1v) is 9.37. The van der Waals surface area contributed by atoms with E-state index in [0.717, 1.165) is 37.3 Å². The normalized spacial score (nSPS) is 18.6. The second-order valence-electron chi connectivity index (χ2n) is 5.73. The van der Waals surface area contributed by atoms with Gasteiger partial charge in [0, 0.05) is 27.8 Å². The molecule has 0 radical (unpaired) electrons. The Morgan fingerprint density at radius 3 is 2.52 bits per heavy atom. The van der Waals surface area contributed by atoms with Crippen molar-refractivity contribution < 1.29 is 8.95 Å². The maximum Gasteiger partial charge on any atom is 0.118 e. The van der Waals surface area contributed by atoms with Crippen LogP contribution in [0.4, 0.5) is 0 Å². The van der Waals surface area contributed by atoms with Crippen LogP contribution in [0.2, 0.25) is 0 Å². The molecule has 0 aliphatic heterocycles. The standard InChI is InChI=1S/C17H27NO2S/c1-3-12-18-17(13-21(19)16-6-4-5-7-16)14-8-10-15(20-2)11-9-14/h8-11,16-18H,3-7,12-13H2,1-2H3. The van der Waals surface area contributed by atoms with Crippen molar-refractivity contribution in [3.63, 3.8) is 0 Å². The van der Waals surface area contributed by atoms with Gasteiger partial charge in [0.2, 0.25) is 0 Å². The van der Waals surface area contributed by atoms with Crippen molar-refractivity contribution in [2.24, 2.45) is 0 Å². The fourth-order valence-electron chi connectivity index (χ4n) is 2.88. The van der Waals surface area contributed by atoms with Crippen LogP contribution in [-0.2, 0) is 10.8 Å². The van der Waals surface area contributed by atoms with E-state index in [2.05, 4.69) is 24.4 Å². The number of hydrogen-bond acceptors (Lipinski definition) is 3. The Bertz CT molecular complexity index is 441. The first kappa shape index (κ1) is 16.5. The summed E-state index contributed by atoms with van der Waals surface area (Å²) in [7, 11) is 0.947. The van der Waals surface area contributed by atoms with Crippen LogP contribution >= 0.6 is 0 Å². The quantitative estimate of drug-likeness (QED) is 0.799. The molecule has 2 unspecified atom stereocenters. The minimum absolute atomic E-state index is 0.178. The van der Waals surface area contributed by atoms with Gasteiger partial charge < -0.3 is 10.1 Å². The third-order valence-corrected chi connectivity index (χ3v) is 6.04. The van der Waals surface area contributed by atoms with Gasteiger partial charge in [0.15, 0.2) is 0 Å². The predicted octanol–water partition coefficient (Wildman–Crippen LogP) is 3.43. The molecule has 1 aromatic rings. The average molecular weight is 309 g/mol. The fraction of sp³-hybridized carbons (Fsp3) is 0.647. The summed E-state index contributed by atoms with van der Waals surface area (Å²) in [6.45, 7) is 3.12. The van der Waals surface area contributed by atoms with Crippen LogP contribution < -0.4 is 10.1 Å². The average Bonchev–Trinajstić information content (AvgIpc) is 3.06. The van der Waals surface area contributed by atoms with E-state index >= 15 is 0 Å². The van der Waals surface area contributed by atoms with Crippen LogP contribution in [0.3, 0.4) is 0 Å². The maximum atomic E-state index is 12.6. The lowest BCUT2D eigenvalue weighted by atomic mass is 10.1. The van der Waals surface area contributed by atoms with Crippen LogP contribution in [0.25, 0.3) is 0 Å². The lowest BCUT2D eigenvalue weighted by Crippen LogP contribution is -2.29. The highest BCUT2D eigenvalue weighted by Crippen LogP contribution is 2.26. The van der Waals surface area contributed by atoms with E-state index < -0.39 is 10.8 Å². The Morgan fingerprint density at radius 1 is 1.29 bits per heavy atom. The highest BCUT2D eigenvalue weighted by atomic mass is 32.2. The summed E-state index contributed by atoms with van der Waals surface area (Å²) in [5, 5.41) is 3.95. The molecule has 1 fully saturated rings. The molecule has 1 aliphatic rings. The smallest absolute Gasteiger partial charge is 0.118 e. The van der Waals surface area contributed by atoms with Gasteiger partial charge in [-0.05, 0) is 43.5 Å². The van der Waals surface area contributed by atoms with Crippen molar-refractivity contribution in [1.29, 1.82) is 0 Å². The summed E-state index contributed by atoms with van der Waals surface area (Å²) in [5.74, 6) is 1.58. The number of benzene rings is 1. The van der Waals surface area contributed by atoms with Crippen molar-refractivity contribution in [2.45, 2.75) is 50.3 Å². The summed E-state index contributed by atoms with van der Waals surface area (Å²) in [5.41, 5.74) is 1.20. The highest BCUT2D eigenvalue weighted by molar-refractivity contribution is 7.85. The number of methoxy groups -OCH3 is 1. The summed E-state index contributed by atoms with van der Waals surface area (Å²) in [6.07, 6.45) is 5.84. The van der Waals surface area contributed by atoms with E-state index in [1.165, 1.54) is 18.4 Å². The molecular formula is C17H27NO2S. The van der Waals surface area contributed by atoms with Gasteiger partial charge in [0.05, 0.1) is 7.11 Å². The lowest BCUT2D eigenvalue weighted by Gasteiger charge is -2.21. The summed E-state index contributed by atoms with van der Waals surface area (Å²) in [6, 6.07) is 8.30. The Hall–Kier alpha value is -0.870. The Kier molecular flexibility index (Phi) is 6.71. The topological polar surface area (TPSA) is 38.3 Å². The minimum atomic E-state index is -0.730. The zero-order valence-corrected chi connectivity index (χ0v) is 14.0. The summed E-state index contributed by atoms with van der Waals surface area (Å²) < 4.78 is 17.8. The molecule has 1 aliphatic carbocycles. The molecule has 2 rings (SSSR count). The molecule has 0 bridgehead atoms. The van der Waals surface area contributed by atoms with Gasteiger partial charge in [0.1, 0.15) is 5.75 Å². The van der Waals surface area contributed by atoms with Crippen LogP contribution in [0.15, 0.2) is 24.3 Å². The Labute approximate surface area is 130 Å². The van der Waals surface area contributed by atoms with Crippen molar-refractivity contribution in [2.75, 3.05) is 19.4 Å². The Balaban J connectivity index is 2.03. The predicted molar refractivity (Wildman–Crippen MR) is 89.3 cm³/mol. The molecule has 1 saturated carbocycles. The van der Waals surface area contributed by atoms with Crippen molar-refractivity contribution in [3.8, 4) is 5.75 Å². The van der Waals surface area contributed by atoms with Gasteiger partial charge in [0.25, 0.3) is 0 Å². The SMILES string of the molecule is CCCNC(CS(=O)C1CCCC1)c1ccc(OC)cc1. The third-order valence-electron chi connectivity index (χ3n) is 4.16. The van der Waals surface area contributed by atoms with E-state index in [1.807, 2.05) is 12.1 Å². The van der Waals surface area contributed by atoms with Crippen molar-refractivity contribution >= 4 is 10.8 Å². The zero-order valence-electron chi connectivity index (χ0n) is 13.1. The molecule has 0 heterocycles. The summed E-state index contributed by atoms with van der Waals surface area (Å²) >= 11 is 0. The molecule has 4 heteroatoms. The largest absolute Gasteiger partial charge is 0.497 e. The van der Waals surface area contributed by atoms with Gasteiger partial charge in [-0.2, -0.15) is 0 Å². The van der Waals surface area contributed by atoms with Crippen LogP contribution in [0.5, 0.6) is 5.75 Å². The molecule has 21 heavy (non-hydrogen) atoms.